The number of hydrogen-bond donors (Lipinski definition) is 2. The molecule has 1 aromatic heterocycles. The number of nitriles is 1. The maximum atomic E-state index is 8.75. The fourth-order valence-corrected chi connectivity index (χ4v) is 2.11. The molecular formula is C12H16N4. The van der Waals surface area contributed by atoms with Gasteiger partial charge in [-0.05, 0) is 25.0 Å². The average molecular weight is 216 g/mol. The molecule has 3 N–H and O–H groups in total. The molecule has 1 heterocycles. The Morgan fingerprint density at radius 1 is 1.38 bits per heavy atom. The molecule has 0 radical (unpaired) electrons. The van der Waals surface area contributed by atoms with Crippen molar-refractivity contribution in [3.63, 3.8) is 0 Å². The van der Waals surface area contributed by atoms with Gasteiger partial charge in [0.1, 0.15) is 17.6 Å². The molecule has 1 aliphatic rings. The normalized spacial score (nSPS) is 24.8. The molecule has 0 saturated heterocycles. The first-order chi connectivity index (χ1) is 7.79. The lowest BCUT2D eigenvalue weighted by Crippen LogP contribution is -2.42. The minimum atomic E-state index is 0.196. The molecule has 4 nitrogen and oxygen atoms in total. The number of aromatic nitrogens is 1. The van der Waals surface area contributed by atoms with Gasteiger partial charge in [-0.3, -0.25) is 0 Å². The Bertz CT molecular complexity index is 396. The van der Waals surface area contributed by atoms with Crippen LogP contribution in [0.1, 0.15) is 31.4 Å². The van der Waals surface area contributed by atoms with E-state index in [1.165, 1.54) is 12.8 Å². The van der Waals surface area contributed by atoms with Crippen LogP contribution in [0.2, 0.25) is 0 Å². The molecule has 2 rings (SSSR count). The van der Waals surface area contributed by atoms with Crippen molar-refractivity contribution in [1.29, 1.82) is 5.26 Å². The lowest BCUT2D eigenvalue weighted by Gasteiger charge is -2.29. The molecule has 2 unspecified atom stereocenters. The van der Waals surface area contributed by atoms with Crippen LogP contribution in [0.15, 0.2) is 18.2 Å². The number of anilines is 1. The summed E-state index contributed by atoms with van der Waals surface area (Å²) in [6, 6.07) is 7.93. The summed E-state index contributed by atoms with van der Waals surface area (Å²) in [5, 5.41) is 12.1. The monoisotopic (exact) mass is 216 g/mol. The minimum Gasteiger partial charge on any atom is -0.366 e. The second kappa shape index (κ2) is 4.95. The summed E-state index contributed by atoms with van der Waals surface area (Å²) in [6.45, 7) is 0. The molecule has 1 saturated carbocycles. The van der Waals surface area contributed by atoms with E-state index in [-0.39, 0.29) is 12.1 Å². The van der Waals surface area contributed by atoms with Crippen molar-refractivity contribution in [3.8, 4) is 6.07 Å². The van der Waals surface area contributed by atoms with Crippen LogP contribution < -0.4 is 11.1 Å². The smallest absolute Gasteiger partial charge is 0.142 e. The molecule has 0 aromatic carbocycles. The van der Waals surface area contributed by atoms with E-state index in [9.17, 15) is 0 Å². The number of nitrogens with two attached hydrogens (primary N) is 1. The molecular weight excluding hydrogens is 200 g/mol. The first kappa shape index (κ1) is 10.9. The van der Waals surface area contributed by atoms with Gasteiger partial charge in [0.25, 0.3) is 0 Å². The number of hydrogen-bond acceptors (Lipinski definition) is 4. The largest absolute Gasteiger partial charge is 0.366 e. The summed E-state index contributed by atoms with van der Waals surface area (Å²) in [7, 11) is 0. The van der Waals surface area contributed by atoms with Crippen molar-refractivity contribution in [2.24, 2.45) is 5.73 Å². The summed E-state index contributed by atoms with van der Waals surface area (Å²) in [5.74, 6) is 0.751. The number of rotatable bonds is 2. The summed E-state index contributed by atoms with van der Waals surface area (Å²) in [6.07, 6.45) is 4.57. The van der Waals surface area contributed by atoms with Gasteiger partial charge in [0.2, 0.25) is 0 Å². The average Bonchev–Trinajstić information content (AvgIpc) is 2.32. The molecule has 1 aliphatic carbocycles. The van der Waals surface area contributed by atoms with Crippen LogP contribution in [-0.4, -0.2) is 17.1 Å². The van der Waals surface area contributed by atoms with E-state index in [0.29, 0.717) is 5.69 Å². The van der Waals surface area contributed by atoms with Crippen LogP contribution in [0.4, 0.5) is 5.82 Å². The van der Waals surface area contributed by atoms with E-state index < -0.39 is 0 Å². The van der Waals surface area contributed by atoms with Crippen LogP contribution in [0, 0.1) is 11.3 Å². The third kappa shape index (κ3) is 2.50. The summed E-state index contributed by atoms with van der Waals surface area (Å²) >= 11 is 0. The van der Waals surface area contributed by atoms with Gasteiger partial charge in [0, 0.05) is 12.1 Å². The number of nitrogens with one attached hydrogen (secondary N) is 1. The van der Waals surface area contributed by atoms with Gasteiger partial charge in [-0.2, -0.15) is 5.26 Å². The van der Waals surface area contributed by atoms with Crippen molar-refractivity contribution in [2.75, 3.05) is 5.32 Å². The molecule has 0 amide bonds. The van der Waals surface area contributed by atoms with Crippen LogP contribution in [0.25, 0.3) is 0 Å². The van der Waals surface area contributed by atoms with E-state index in [0.717, 1.165) is 18.7 Å². The first-order valence-corrected chi connectivity index (χ1v) is 5.69. The van der Waals surface area contributed by atoms with Crippen LogP contribution in [0.3, 0.4) is 0 Å². The van der Waals surface area contributed by atoms with Crippen molar-refractivity contribution in [1.82, 2.24) is 4.98 Å². The van der Waals surface area contributed by atoms with Crippen LogP contribution >= 0.6 is 0 Å². The minimum absolute atomic E-state index is 0.196. The molecule has 2 atom stereocenters. The third-order valence-corrected chi connectivity index (χ3v) is 3.02. The van der Waals surface area contributed by atoms with Crippen molar-refractivity contribution in [3.05, 3.63) is 23.9 Å². The standard InChI is InChI=1S/C12H16N4/c13-8-9-4-3-7-12(15-9)16-11-6-2-1-5-10(11)14/h3-4,7,10-11H,1-2,5-6,14H2,(H,15,16). The lowest BCUT2D eigenvalue weighted by molar-refractivity contribution is 0.403. The zero-order valence-electron chi connectivity index (χ0n) is 9.19. The van der Waals surface area contributed by atoms with E-state index >= 15 is 0 Å². The SMILES string of the molecule is N#Cc1cccc(NC2CCCCC2N)n1. The molecule has 1 fully saturated rings. The van der Waals surface area contributed by atoms with Crippen molar-refractivity contribution < 1.29 is 0 Å². The highest BCUT2D eigenvalue weighted by atomic mass is 15.0. The second-order valence-corrected chi connectivity index (χ2v) is 4.22. The van der Waals surface area contributed by atoms with Gasteiger partial charge in [-0.15, -0.1) is 0 Å². The predicted molar refractivity (Wildman–Crippen MR) is 62.8 cm³/mol. The Morgan fingerprint density at radius 3 is 2.94 bits per heavy atom. The quantitative estimate of drug-likeness (QED) is 0.788. The van der Waals surface area contributed by atoms with E-state index in [1.54, 1.807) is 6.07 Å². The maximum Gasteiger partial charge on any atom is 0.142 e. The highest BCUT2D eigenvalue weighted by Gasteiger charge is 2.21. The Morgan fingerprint density at radius 2 is 2.19 bits per heavy atom. The Kier molecular flexibility index (Phi) is 3.37. The summed E-state index contributed by atoms with van der Waals surface area (Å²) in [5.41, 5.74) is 6.48. The van der Waals surface area contributed by atoms with E-state index in [1.807, 2.05) is 18.2 Å². The van der Waals surface area contributed by atoms with Crippen molar-refractivity contribution >= 4 is 5.82 Å². The molecule has 4 heteroatoms. The van der Waals surface area contributed by atoms with Gasteiger partial charge in [0.15, 0.2) is 0 Å². The topological polar surface area (TPSA) is 74.7 Å². The zero-order chi connectivity index (χ0) is 11.4. The van der Waals surface area contributed by atoms with Gasteiger partial charge in [-0.1, -0.05) is 18.9 Å². The fourth-order valence-electron chi connectivity index (χ4n) is 2.11. The number of pyridine rings is 1. The second-order valence-electron chi connectivity index (χ2n) is 4.22. The summed E-state index contributed by atoms with van der Waals surface area (Å²) < 4.78 is 0. The number of nitrogens with zero attached hydrogens (tertiary/aromatic N) is 2. The van der Waals surface area contributed by atoms with Crippen molar-refractivity contribution in [2.45, 2.75) is 37.8 Å². The molecule has 1 aromatic rings. The van der Waals surface area contributed by atoms with Crippen LogP contribution in [-0.2, 0) is 0 Å². The molecule has 0 spiro atoms. The maximum absolute atomic E-state index is 8.75. The van der Waals surface area contributed by atoms with E-state index in [2.05, 4.69) is 10.3 Å². The first-order valence-electron chi connectivity index (χ1n) is 5.69. The molecule has 84 valence electrons. The molecule has 16 heavy (non-hydrogen) atoms. The fraction of sp³-hybridized carbons (Fsp3) is 0.500. The predicted octanol–water partition coefficient (Wildman–Crippen LogP) is 1.64. The highest BCUT2D eigenvalue weighted by molar-refractivity contribution is 5.39. The molecule has 0 bridgehead atoms. The lowest BCUT2D eigenvalue weighted by atomic mass is 9.91. The molecule has 0 aliphatic heterocycles. The van der Waals surface area contributed by atoms with Crippen LogP contribution in [0.5, 0.6) is 0 Å². The summed E-state index contributed by atoms with van der Waals surface area (Å²) in [4.78, 5) is 4.19. The zero-order valence-corrected chi connectivity index (χ0v) is 9.19. The Labute approximate surface area is 95.5 Å². The van der Waals surface area contributed by atoms with Gasteiger partial charge in [-0.25, -0.2) is 4.98 Å². The Balaban J connectivity index is 2.05. The van der Waals surface area contributed by atoms with Gasteiger partial charge < -0.3 is 11.1 Å². The highest BCUT2D eigenvalue weighted by Crippen LogP contribution is 2.20. The van der Waals surface area contributed by atoms with Gasteiger partial charge in [0.05, 0.1) is 0 Å². The van der Waals surface area contributed by atoms with Gasteiger partial charge >= 0.3 is 0 Å². The third-order valence-electron chi connectivity index (χ3n) is 3.02. The Hall–Kier alpha value is -1.60. The van der Waals surface area contributed by atoms with E-state index in [4.69, 9.17) is 11.0 Å².